The van der Waals surface area contributed by atoms with Crippen molar-refractivity contribution in [3.63, 3.8) is 0 Å². The zero-order valence-electron chi connectivity index (χ0n) is 10.7. The molecule has 96 valence electrons. The molecule has 1 N–H and O–H groups in total. The fraction of sp³-hybridized carbons (Fsp3) is 0.429. The first-order chi connectivity index (χ1) is 8.79. The van der Waals surface area contributed by atoms with E-state index in [4.69, 9.17) is 0 Å². The summed E-state index contributed by atoms with van der Waals surface area (Å²) in [5.41, 5.74) is 0.952. The van der Waals surface area contributed by atoms with Gasteiger partial charge in [0, 0.05) is 37.6 Å². The molecule has 1 aromatic rings. The zero-order valence-corrected chi connectivity index (χ0v) is 10.7. The first-order valence-electron chi connectivity index (χ1n) is 6.34. The van der Waals surface area contributed by atoms with Gasteiger partial charge < -0.3 is 10.2 Å². The van der Waals surface area contributed by atoms with Crippen molar-refractivity contribution >= 4 is 12.0 Å². The molecule has 4 heteroatoms. The monoisotopic (exact) mass is 245 g/mol. The molecule has 0 aliphatic carbocycles. The molecular weight excluding hydrogens is 226 g/mol. The van der Waals surface area contributed by atoms with Crippen LogP contribution in [0.2, 0.25) is 0 Å². The second-order valence-electron chi connectivity index (χ2n) is 4.53. The van der Waals surface area contributed by atoms with E-state index in [9.17, 15) is 4.79 Å². The Hall–Kier alpha value is -1.68. The van der Waals surface area contributed by atoms with Gasteiger partial charge in [-0.2, -0.15) is 0 Å². The van der Waals surface area contributed by atoms with Crippen LogP contribution in [0.1, 0.15) is 18.4 Å². The number of amides is 1. The molecule has 0 radical (unpaired) electrons. The van der Waals surface area contributed by atoms with Gasteiger partial charge in [-0.25, -0.2) is 0 Å². The smallest absolute Gasteiger partial charge is 0.246 e. The van der Waals surface area contributed by atoms with Crippen molar-refractivity contribution in [3.8, 4) is 0 Å². The Bertz CT molecular complexity index is 416. The van der Waals surface area contributed by atoms with E-state index in [2.05, 4.69) is 10.3 Å². The number of likely N-dealkylation sites (N-methyl/N-ethyl adjacent to an activating group) is 1. The Labute approximate surface area is 108 Å². The van der Waals surface area contributed by atoms with Crippen LogP contribution in [-0.4, -0.2) is 42.0 Å². The van der Waals surface area contributed by atoms with Crippen LogP contribution in [0.5, 0.6) is 0 Å². The molecule has 1 atom stereocenters. The number of nitrogens with one attached hydrogen (secondary N) is 1. The highest BCUT2D eigenvalue weighted by molar-refractivity contribution is 5.91. The molecule has 0 spiro atoms. The maximum absolute atomic E-state index is 12.0. The summed E-state index contributed by atoms with van der Waals surface area (Å²) in [6.45, 7) is 1.65. The number of hydrogen-bond acceptors (Lipinski definition) is 3. The number of carbonyl (C=O) groups is 1. The molecule has 1 aliphatic heterocycles. The normalized spacial score (nSPS) is 20.3. The Morgan fingerprint density at radius 1 is 1.61 bits per heavy atom. The van der Waals surface area contributed by atoms with Crippen LogP contribution in [0.3, 0.4) is 0 Å². The Balaban J connectivity index is 1.93. The molecule has 1 fully saturated rings. The minimum atomic E-state index is 0.0822. The summed E-state index contributed by atoms with van der Waals surface area (Å²) in [6, 6.07) is 4.22. The average Bonchev–Trinajstić information content (AvgIpc) is 2.46. The van der Waals surface area contributed by atoms with Gasteiger partial charge in [-0.05, 0) is 37.6 Å². The number of rotatable bonds is 3. The molecule has 1 aromatic heterocycles. The van der Waals surface area contributed by atoms with Gasteiger partial charge in [-0.3, -0.25) is 9.78 Å². The van der Waals surface area contributed by atoms with Gasteiger partial charge in [0.15, 0.2) is 0 Å². The van der Waals surface area contributed by atoms with E-state index < -0.39 is 0 Å². The molecular formula is C14H19N3O. The summed E-state index contributed by atoms with van der Waals surface area (Å²) >= 11 is 0. The van der Waals surface area contributed by atoms with Crippen molar-refractivity contribution in [2.75, 3.05) is 20.1 Å². The highest BCUT2D eigenvalue weighted by Gasteiger charge is 2.20. The third kappa shape index (κ3) is 3.40. The molecule has 2 rings (SSSR count). The van der Waals surface area contributed by atoms with Crippen LogP contribution in [0.4, 0.5) is 0 Å². The van der Waals surface area contributed by atoms with Crippen LogP contribution in [0, 0.1) is 0 Å². The molecule has 1 saturated heterocycles. The predicted octanol–water partition coefficient (Wildman–Crippen LogP) is 1.31. The lowest BCUT2D eigenvalue weighted by Gasteiger charge is -2.31. The van der Waals surface area contributed by atoms with Crippen LogP contribution < -0.4 is 5.32 Å². The van der Waals surface area contributed by atoms with Gasteiger partial charge >= 0.3 is 0 Å². The lowest BCUT2D eigenvalue weighted by atomic mass is 10.1. The number of nitrogens with zero attached hydrogens (tertiary/aromatic N) is 2. The molecule has 0 bridgehead atoms. The molecule has 0 aromatic carbocycles. The average molecular weight is 245 g/mol. The minimum Gasteiger partial charge on any atom is -0.338 e. The van der Waals surface area contributed by atoms with Gasteiger partial charge in [0.2, 0.25) is 5.91 Å². The third-order valence-electron chi connectivity index (χ3n) is 3.24. The van der Waals surface area contributed by atoms with Crippen molar-refractivity contribution in [2.45, 2.75) is 18.9 Å². The van der Waals surface area contributed by atoms with Gasteiger partial charge in [-0.1, -0.05) is 6.07 Å². The van der Waals surface area contributed by atoms with Crippen molar-refractivity contribution in [1.29, 1.82) is 0 Å². The van der Waals surface area contributed by atoms with E-state index >= 15 is 0 Å². The van der Waals surface area contributed by atoms with Gasteiger partial charge in [0.05, 0.1) is 0 Å². The van der Waals surface area contributed by atoms with E-state index in [0.29, 0.717) is 6.04 Å². The molecule has 1 amide bonds. The quantitative estimate of drug-likeness (QED) is 0.817. The van der Waals surface area contributed by atoms with Crippen molar-refractivity contribution in [1.82, 2.24) is 15.2 Å². The summed E-state index contributed by atoms with van der Waals surface area (Å²) in [7, 11) is 1.95. The maximum Gasteiger partial charge on any atom is 0.246 e. The Morgan fingerprint density at radius 3 is 3.22 bits per heavy atom. The molecule has 0 saturated carbocycles. The highest BCUT2D eigenvalue weighted by atomic mass is 16.2. The lowest BCUT2D eigenvalue weighted by Crippen LogP contribution is -2.46. The van der Waals surface area contributed by atoms with Crippen molar-refractivity contribution in [2.24, 2.45) is 0 Å². The first kappa shape index (κ1) is 12.8. The van der Waals surface area contributed by atoms with E-state index in [-0.39, 0.29) is 5.91 Å². The second-order valence-corrected chi connectivity index (χ2v) is 4.53. The Kier molecular flexibility index (Phi) is 4.47. The van der Waals surface area contributed by atoms with E-state index in [1.165, 1.54) is 0 Å². The largest absolute Gasteiger partial charge is 0.338 e. The van der Waals surface area contributed by atoms with Crippen LogP contribution in [0.25, 0.3) is 6.08 Å². The minimum absolute atomic E-state index is 0.0822. The summed E-state index contributed by atoms with van der Waals surface area (Å²) in [5.74, 6) is 0.0822. The third-order valence-corrected chi connectivity index (χ3v) is 3.24. The Morgan fingerprint density at radius 2 is 2.50 bits per heavy atom. The van der Waals surface area contributed by atoms with Crippen molar-refractivity contribution < 1.29 is 4.79 Å². The molecule has 2 heterocycles. The molecule has 4 nitrogen and oxygen atoms in total. The highest BCUT2D eigenvalue weighted by Crippen LogP contribution is 2.10. The molecule has 1 aliphatic rings. The fourth-order valence-electron chi connectivity index (χ4n) is 2.16. The standard InChI is InChI=1S/C14H19N3O/c1-15-13-5-3-9-17(11-13)14(18)7-6-12-4-2-8-16-10-12/h2,4,6-8,10,13,15H,3,5,9,11H2,1H3/b7-6+. The van der Waals surface area contributed by atoms with Crippen LogP contribution in [-0.2, 0) is 4.79 Å². The SMILES string of the molecule is CNC1CCCN(C(=O)/C=C/c2cccnc2)C1. The predicted molar refractivity (Wildman–Crippen MR) is 71.9 cm³/mol. The van der Waals surface area contributed by atoms with E-state index in [0.717, 1.165) is 31.5 Å². The van der Waals surface area contributed by atoms with Crippen molar-refractivity contribution in [3.05, 3.63) is 36.2 Å². The van der Waals surface area contributed by atoms with Gasteiger partial charge in [-0.15, -0.1) is 0 Å². The number of pyridine rings is 1. The van der Waals surface area contributed by atoms with E-state index in [1.54, 1.807) is 18.5 Å². The maximum atomic E-state index is 12.0. The van der Waals surface area contributed by atoms with Crippen LogP contribution in [0.15, 0.2) is 30.6 Å². The number of hydrogen-bond donors (Lipinski definition) is 1. The molecule has 1 unspecified atom stereocenters. The second kappa shape index (κ2) is 6.31. The van der Waals surface area contributed by atoms with Gasteiger partial charge in [0.25, 0.3) is 0 Å². The number of carbonyl (C=O) groups excluding carboxylic acids is 1. The summed E-state index contributed by atoms with van der Waals surface area (Å²) < 4.78 is 0. The molecule has 18 heavy (non-hydrogen) atoms. The summed E-state index contributed by atoms with van der Waals surface area (Å²) in [5, 5.41) is 3.23. The van der Waals surface area contributed by atoms with Crippen LogP contribution >= 0.6 is 0 Å². The number of piperidine rings is 1. The summed E-state index contributed by atoms with van der Waals surface area (Å²) in [6.07, 6.45) is 9.13. The first-order valence-corrected chi connectivity index (χ1v) is 6.34. The number of likely N-dealkylation sites (tertiary alicyclic amines) is 1. The zero-order chi connectivity index (χ0) is 12.8. The van der Waals surface area contributed by atoms with E-state index in [1.807, 2.05) is 30.2 Å². The topological polar surface area (TPSA) is 45.2 Å². The number of aromatic nitrogens is 1. The van der Waals surface area contributed by atoms with Gasteiger partial charge in [0.1, 0.15) is 0 Å². The lowest BCUT2D eigenvalue weighted by molar-refractivity contribution is -0.127. The summed E-state index contributed by atoms with van der Waals surface area (Å²) in [4.78, 5) is 17.9. The fourth-order valence-corrected chi connectivity index (χ4v) is 2.16.